The van der Waals surface area contributed by atoms with E-state index in [9.17, 15) is 13.2 Å². The number of ether oxygens (including phenoxy) is 1. The minimum atomic E-state index is -1.55. The van der Waals surface area contributed by atoms with Gasteiger partial charge in [0.1, 0.15) is 0 Å². The molecule has 0 amide bonds. The van der Waals surface area contributed by atoms with Crippen LogP contribution in [0.15, 0.2) is 24.3 Å². The summed E-state index contributed by atoms with van der Waals surface area (Å²) >= 11 is 0. The fourth-order valence-corrected chi connectivity index (χ4v) is 2.12. The van der Waals surface area contributed by atoms with E-state index in [0.29, 0.717) is 12.1 Å². The largest absolute Gasteiger partial charge is 0.476 e. The normalized spacial score (nSPS) is 11.0. The van der Waals surface area contributed by atoms with Gasteiger partial charge in [-0.25, -0.2) is 23.1 Å². The van der Waals surface area contributed by atoms with Gasteiger partial charge in [0.05, 0.1) is 17.8 Å². The highest BCUT2D eigenvalue weighted by Crippen LogP contribution is 2.28. The Morgan fingerprint density at radius 2 is 1.78 bits per heavy atom. The van der Waals surface area contributed by atoms with Gasteiger partial charge in [-0.05, 0) is 31.2 Å². The van der Waals surface area contributed by atoms with Crippen molar-refractivity contribution < 1.29 is 17.9 Å². The van der Waals surface area contributed by atoms with Crippen LogP contribution in [0.5, 0.6) is 5.88 Å². The van der Waals surface area contributed by atoms with Gasteiger partial charge >= 0.3 is 0 Å². The summed E-state index contributed by atoms with van der Waals surface area (Å²) in [5, 5.41) is 0. The van der Waals surface area contributed by atoms with E-state index in [1.165, 1.54) is 12.1 Å². The third-order valence-electron chi connectivity index (χ3n) is 3.12. The molecule has 0 bridgehead atoms. The Kier molecular flexibility index (Phi) is 3.73. The number of benzene rings is 1. The predicted octanol–water partition coefficient (Wildman–Crippen LogP) is 3.09. The number of fused-ring (bicyclic) bond motifs is 1. The maximum absolute atomic E-state index is 13.9. The van der Waals surface area contributed by atoms with Crippen LogP contribution in [-0.4, -0.2) is 21.6 Å². The van der Waals surface area contributed by atoms with Crippen molar-refractivity contribution in [1.82, 2.24) is 15.0 Å². The number of nitrogens with zero attached hydrogens (tertiary/aromatic N) is 3. The third-order valence-corrected chi connectivity index (χ3v) is 3.12. The molecule has 3 rings (SSSR count). The molecule has 0 fully saturated rings. The molecule has 1 aromatic carbocycles. The molecule has 3 aromatic rings. The highest BCUT2D eigenvalue weighted by Gasteiger charge is 2.17. The van der Waals surface area contributed by atoms with Crippen LogP contribution in [0.3, 0.4) is 0 Å². The van der Waals surface area contributed by atoms with Gasteiger partial charge in [-0.3, -0.25) is 0 Å². The molecule has 0 saturated heterocycles. The van der Waals surface area contributed by atoms with E-state index in [1.807, 2.05) is 0 Å². The standard InChI is InChI=1S/C15H11F3N4O/c1-2-23-14-13-10(21-15(19)22-14)6-5-9(20-13)7-3-4-8(16)12(18)11(7)17/h3-6H,2H2,1H3,(H2,19,21,22). The Balaban J connectivity index is 2.22. The fourth-order valence-electron chi connectivity index (χ4n) is 2.12. The van der Waals surface area contributed by atoms with Crippen molar-refractivity contribution in [2.45, 2.75) is 6.92 Å². The number of aromatic nitrogens is 3. The lowest BCUT2D eigenvalue weighted by atomic mass is 10.1. The van der Waals surface area contributed by atoms with Crippen molar-refractivity contribution in [2.75, 3.05) is 12.3 Å². The first kappa shape index (κ1) is 15.0. The van der Waals surface area contributed by atoms with E-state index in [1.54, 1.807) is 6.92 Å². The Hall–Kier alpha value is -2.90. The van der Waals surface area contributed by atoms with Crippen LogP contribution in [0.1, 0.15) is 6.92 Å². The summed E-state index contributed by atoms with van der Waals surface area (Å²) in [7, 11) is 0. The smallest absolute Gasteiger partial charge is 0.245 e. The lowest BCUT2D eigenvalue weighted by Crippen LogP contribution is -2.03. The molecule has 0 atom stereocenters. The Morgan fingerprint density at radius 1 is 1.00 bits per heavy atom. The number of nitrogens with two attached hydrogens (primary N) is 1. The quantitative estimate of drug-likeness (QED) is 0.751. The van der Waals surface area contributed by atoms with Gasteiger partial charge in [0.2, 0.25) is 11.8 Å². The Bertz CT molecular complexity index is 902. The fraction of sp³-hybridized carbons (Fsp3) is 0.133. The first-order chi connectivity index (χ1) is 11.0. The van der Waals surface area contributed by atoms with Crippen LogP contribution >= 0.6 is 0 Å². The molecular formula is C15H11F3N4O. The molecule has 5 nitrogen and oxygen atoms in total. The molecule has 23 heavy (non-hydrogen) atoms. The second-order valence-electron chi connectivity index (χ2n) is 4.61. The van der Waals surface area contributed by atoms with E-state index in [4.69, 9.17) is 10.5 Å². The average molecular weight is 320 g/mol. The van der Waals surface area contributed by atoms with Gasteiger partial charge in [0.15, 0.2) is 23.0 Å². The van der Waals surface area contributed by atoms with Gasteiger partial charge in [-0.15, -0.1) is 0 Å². The number of hydrogen-bond donors (Lipinski definition) is 1. The summed E-state index contributed by atoms with van der Waals surface area (Å²) in [6, 6.07) is 4.90. The van der Waals surface area contributed by atoms with Gasteiger partial charge in [-0.1, -0.05) is 0 Å². The van der Waals surface area contributed by atoms with Crippen molar-refractivity contribution in [3.05, 3.63) is 41.7 Å². The van der Waals surface area contributed by atoms with E-state index in [0.717, 1.165) is 12.1 Å². The van der Waals surface area contributed by atoms with Crippen LogP contribution in [0.4, 0.5) is 19.1 Å². The maximum Gasteiger partial charge on any atom is 0.245 e. The molecule has 0 saturated carbocycles. The lowest BCUT2D eigenvalue weighted by molar-refractivity contribution is 0.330. The first-order valence-electron chi connectivity index (χ1n) is 6.72. The summed E-state index contributed by atoms with van der Waals surface area (Å²) in [6.45, 7) is 2.07. The first-order valence-corrected chi connectivity index (χ1v) is 6.72. The van der Waals surface area contributed by atoms with Crippen molar-refractivity contribution in [2.24, 2.45) is 0 Å². The number of nitrogen functional groups attached to an aromatic ring is 1. The molecule has 8 heteroatoms. The van der Waals surface area contributed by atoms with Gasteiger partial charge < -0.3 is 10.5 Å². The SMILES string of the molecule is CCOc1nc(N)nc2ccc(-c3ccc(F)c(F)c3F)nc12. The Labute approximate surface area is 129 Å². The van der Waals surface area contributed by atoms with E-state index in [2.05, 4.69) is 15.0 Å². The van der Waals surface area contributed by atoms with Crippen molar-refractivity contribution in [3.63, 3.8) is 0 Å². The number of hydrogen-bond acceptors (Lipinski definition) is 5. The molecular weight excluding hydrogens is 309 g/mol. The molecule has 118 valence electrons. The summed E-state index contributed by atoms with van der Waals surface area (Å²) in [5.74, 6) is -3.98. The second kappa shape index (κ2) is 5.71. The zero-order valence-corrected chi connectivity index (χ0v) is 12.0. The molecule has 0 radical (unpaired) electrons. The van der Waals surface area contributed by atoms with Crippen molar-refractivity contribution in [1.29, 1.82) is 0 Å². The van der Waals surface area contributed by atoms with E-state index >= 15 is 0 Å². The predicted molar refractivity (Wildman–Crippen MR) is 78.2 cm³/mol. The highest BCUT2D eigenvalue weighted by molar-refractivity contribution is 5.83. The van der Waals surface area contributed by atoms with Crippen LogP contribution in [0, 0.1) is 17.5 Å². The van der Waals surface area contributed by atoms with Crippen molar-refractivity contribution in [3.8, 4) is 17.1 Å². The summed E-state index contributed by atoms with van der Waals surface area (Å²) < 4.78 is 45.7. The van der Waals surface area contributed by atoms with Gasteiger partial charge in [0, 0.05) is 5.56 Å². The van der Waals surface area contributed by atoms with Crippen molar-refractivity contribution >= 4 is 17.0 Å². The molecule has 0 spiro atoms. The van der Waals surface area contributed by atoms with Crippen LogP contribution < -0.4 is 10.5 Å². The van der Waals surface area contributed by atoms with E-state index < -0.39 is 17.5 Å². The third kappa shape index (κ3) is 2.63. The van der Waals surface area contributed by atoms with E-state index in [-0.39, 0.29) is 28.6 Å². The number of anilines is 1. The second-order valence-corrected chi connectivity index (χ2v) is 4.61. The van der Waals surface area contributed by atoms with Gasteiger partial charge in [-0.2, -0.15) is 4.98 Å². The monoisotopic (exact) mass is 320 g/mol. The molecule has 2 N–H and O–H groups in total. The number of halogens is 3. The highest BCUT2D eigenvalue weighted by atomic mass is 19.2. The minimum Gasteiger partial charge on any atom is -0.476 e. The summed E-state index contributed by atoms with van der Waals surface area (Å²) in [5.41, 5.74) is 6.16. The molecule has 2 heterocycles. The summed E-state index contributed by atoms with van der Waals surface area (Å²) in [4.78, 5) is 12.1. The average Bonchev–Trinajstić information content (AvgIpc) is 2.53. The molecule has 0 aliphatic rings. The topological polar surface area (TPSA) is 73.9 Å². The Morgan fingerprint density at radius 3 is 2.52 bits per heavy atom. The molecule has 0 unspecified atom stereocenters. The molecule has 0 aliphatic carbocycles. The molecule has 0 aliphatic heterocycles. The van der Waals surface area contributed by atoms with Crippen LogP contribution in [0.25, 0.3) is 22.3 Å². The van der Waals surface area contributed by atoms with Gasteiger partial charge in [0.25, 0.3) is 0 Å². The minimum absolute atomic E-state index is 0.00880. The zero-order valence-electron chi connectivity index (χ0n) is 12.0. The lowest BCUT2D eigenvalue weighted by Gasteiger charge is -2.09. The number of rotatable bonds is 3. The zero-order chi connectivity index (χ0) is 16.6. The number of pyridine rings is 1. The van der Waals surface area contributed by atoms with Crippen LogP contribution in [-0.2, 0) is 0 Å². The van der Waals surface area contributed by atoms with Crippen LogP contribution in [0.2, 0.25) is 0 Å². The molecule has 2 aromatic heterocycles. The summed E-state index contributed by atoms with van der Waals surface area (Å²) in [6.07, 6.45) is 0. The maximum atomic E-state index is 13.9.